The minimum atomic E-state index is 0.179. The summed E-state index contributed by atoms with van der Waals surface area (Å²) in [6.45, 7) is 20.6. The number of fused-ring (bicyclic) bond motifs is 4. The molecule has 0 saturated heterocycles. The number of anilines is 5. The van der Waals surface area contributed by atoms with Gasteiger partial charge < -0.3 is 9.80 Å². The molecule has 2 nitrogen and oxygen atoms in total. The third-order valence-electron chi connectivity index (χ3n) is 10.5. The molecule has 0 N–H and O–H groups in total. The van der Waals surface area contributed by atoms with E-state index in [-0.39, 0.29) is 6.71 Å². The predicted molar refractivity (Wildman–Crippen MR) is 183 cm³/mol. The zero-order chi connectivity index (χ0) is 29.6. The second kappa shape index (κ2) is 9.53. The van der Waals surface area contributed by atoms with E-state index < -0.39 is 0 Å². The second-order valence-electron chi connectivity index (χ2n) is 13.2. The van der Waals surface area contributed by atoms with Crippen LogP contribution in [-0.4, -0.2) is 6.71 Å². The standard InChI is InChI=1S/C39H41BN2/c1-22-13-14-31(15-23(22)2)41-35-11-10-12-36-39(35)40(33-18-24(3)26(5)20-37(33)41)34-19-25(4)27(6)21-38(34)42(36)32-16-28(7)30(9)29(8)17-32/h10-16,18-21,29H,17H2,1-9H3. The Kier molecular flexibility index (Phi) is 6.10. The Morgan fingerprint density at radius 1 is 0.595 bits per heavy atom. The molecule has 42 heavy (non-hydrogen) atoms. The first-order valence-electron chi connectivity index (χ1n) is 15.5. The van der Waals surface area contributed by atoms with Crippen molar-refractivity contribution in [1.82, 2.24) is 0 Å². The Morgan fingerprint density at radius 2 is 1.14 bits per heavy atom. The largest absolute Gasteiger partial charge is 0.315 e. The molecule has 4 aromatic rings. The molecule has 7 rings (SSSR count). The zero-order valence-corrected chi connectivity index (χ0v) is 26.6. The van der Waals surface area contributed by atoms with Gasteiger partial charge in [-0.2, -0.15) is 0 Å². The van der Waals surface area contributed by atoms with E-state index in [1.54, 1.807) is 0 Å². The summed E-state index contributed by atoms with van der Waals surface area (Å²) >= 11 is 0. The molecule has 2 heterocycles. The van der Waals surface area contributed by atoms with E-state index in [9.17, 15) is 0 Å². The minimum Gasteiger partial charge on any atom is -0.315 e. The van der Waals surface area contributed by atoms with Crippen LogP contribution >= 0.6 is 0 Å². The van der Waals surface area contributed by atoms with Gasteiger partial charge in [-0.1, -0.05) is 42.3 Å². The van der Waals surface area contributed by atoms with Crippen LogP contribution in [0.4, 0.5) is 28.4 Å². The average Bonchev–Trinajstić information content (AvgIpc) is 2.95. The van der Waals surface area contributed by atoms with Gasteiger partial charge in [-0.25, -0.2) is 0 Å². The Hall–Kier alpha value is -3.98. The van der Waals surface area contributed by atoms with Gasteiger partial charge in [0.2, 0.25) is 0 Å². The van der Waals surface area contributed by atoms with Gasteiger partial charge in [-0.3, -0.25) is 0 Å². The maximum atomic E-state index is 2.61. The highest BCUT2D eigenvalue weighted by atomic mass is 15.2. The van der Waals surface area contributed by atoms with Gasteiger partial charge in [-0.05, 0) is 160 Å². The van der Waals surface area contributed by atoms with Crippen molar-refractivity contribution in [3.63, 3.8) is 0 Å². The summed E-state index contributed by atoms with van der Waals surface area (Å²) in [6.07, 6.45) is 3.49. The minimum absolute atomic E-state index is 0.179. The van der Waals surface area contributed by atoms with Crippen LogP contribution in [0.25, 0.3) is 0 Å². The van der Waals surface area contributed by atoms with Gasteiger partial charge in [-0.15, -0.1) is 0 Å². The highest BCUT2D eigenvalue weighted by molar-refractivity contribution is 7.00. The van der Waals surface area contributed by atoms with Crippen LogP contribution in [0.5, 0.6) is 0 Å². The highest BCUT2D eigenvalue weighted by Gasteiger charge is 2.44. The quantitative estimate of drug-likeness (QED) is 0.204. The summed E-state index contributed by atoms with van der Waals surface area (Å²) in [4.78, 5) is 5.13. The maximum Gasteiger partial charge on any atom is 0.252 e. The summed E-state index contributed by atoms with van der Waals surface area (Å²) < 4.78 is 0. The molecular formula is C39H41BN2. The Morgan fingerprint density at radius 3 is 1.74 bits per heavy atom. The van der Waals surface area contributed by atoms with Crippen molar-refractivity contribution in [2.75, 3.05) is 9.80 Å². The fourth-order valence-electron chi connectivity index (χ4n) is 7.35. The number of nitrogens with zero attached hydrogens (tertiary/aromatic N) is 2. The number of benzene rings is 4. The molecule has 1 aliphatic carbocycles. The molecule has 0 amide bonds. The van der Waals surface area contributed by atoms with E-state index in [0.717, 1.165) is 6.42 Å². The average molecular weight is 549 g/mol. The third-order valence-corrected chi connectivity index (χ3v) is 10.5. The van der Waals surface area contributed by atoms with Crippen molar-refractivity contribution in [1.29, 1.82) is 0 Å². The van der Waals surface area contributed by atoms with Gasteiger partial charge >= 0.3 is 0 Å². The fraction of sp³-hybridized carbons (Fsp3) is 0.282. The van der Waals surface area contributed by atoms with Crippen LogP contribution in [0.3, 0.4) is 0 Å². The smallest absolute Gasteiger partial charge is 0.252 e. The Bertz CT molecular complexity index is 1870. The van der Waals surface area contributed by atoms with E-state index in [4.69, 9.17) is 0 Å². The Balaban J connectivity index is 1.58. The lowest BCUT2D eigenvalue weighted by molar-refractivity contribution is 0.645. The molecule has 0 saturated carbocycles. The van der Waals surface area contributed by atoms with Crippen molar-refractivity contribution in [2.45, 2.75) is 68.7 Å². The van der Waals surface area contributed by atoms with Crippen molar-refractivity contribution >= 4 is 51.5 Å². The lowest BCUT2D eigenvalue weighted by Gasteiger charge is -2.46. The van der Waals surface area contributed by atoms with Gasteiger partial charge in [0.1, 0.15) is 0 Å². The van der Waals surface area contributed by atoms with Gasteiger partial charge in [0.25, 0.3) is 6.71 Å². The first-order valence-corrected chi connectivity index (χ1v) is 15.5. The summed E-state index contributed by atoms with van der Waals surface area (Å²) in [5.41, 5.74) is 23.0. The monoisotopic (exact) mass is 548 g/mol. The van der Waals surface area contributed by atoms with E-state index in [2.05, 4.69) is 139 Å². The van der Waals surface area contributed by atoms with Crippen LogP contribution in [0.1, 0.15) is 60.6 Å². The van der Waals surface area contributed by atoms with Crippen molar-refractivity contribution in [3.05, 3.63) is 117 Å². The lowest BCUT2D eigenvalue weighted by atomic mass is 9.33. The van der Waals surface area contributed by atoms with Crippen molar-refractivity contribution in [3.8, 4) is 0 Å². The van der Waals surface area contributed by atoms with E-state index in [0.29, 0.717) is 5.92 Å². The molecule has 1 atom stereocenters. The summed E-state index contributed by atoms with van der Waals surface area (Å²) in [6, 6.07) is 23.7. The van der Waals surface area contributed by atoms with Crippen LogP contribution in [-0.2, 0) is 0 Å². The summed E-state index contributed by atoms with van der Waals surface area (Å²) in [7, 11) is 0. The molecule has 2 aliphatic heterocycles. The molecule has 3 heteroatoms. The molecule has 1 unspecified atom stereocenters. The normalized spacial score (nSPS) is 17.2. The number of rotatable bonds is 2. The van der Waals surface area contributed by atoms with E-state index >= 15 is 0 Å². The van der Waals surface area contributed by atoms with Crippen LogP contribution < -0.4 is 26.2 Å². The van der Waals surface area contributed by atoms with Crippen LogP contribution in [0, 0.1) is 47.5 Å². The molecule has 210 valence electrons. The second-order valence-corrected chi connectivity index (χ2v) is 13.2. The molecule has 3 aliphatic rings. The molecule has 0 fully saturated rings. The van der Waals surface area contributed by atoms with E-state index in [1.807, 2.05) is 0 Å². The lowest BCUT2D eigenvalue weighted by Crippen LogP contribution is -2.62. The zero-order valence-electron chi connectivity index (χ0n) is 26.6. The van der Waals surface area contributed by atoms with Crippen LogP contribution in [0.2, 0.25) is 0 Å². The maximum absolute atomic E-state index is 2.61. The van der Waals surface area contributed by atoms with Gasteiger partial charge in [0.15, 0.2) is 0 Å². The number of aryl methyl sites for hydroxylation is 6. The van der Waals surface area contributed by atoms with Gasteiger partial charge in [0.05, 0.1) is 0 Å². The van der Waals surface area contributed by atoms with Crippen molar-refractivity contribution < 1.29 is 0 Å². The number of allylic oxidation sites excluding steroid dienone is 4. The predicted octanol–water partition coefficient (Wildman–Crippen LogP) is 8.55. The number of hydrogen-bond acceptors (Lipinski definition) is 2. The molecule has 0 spiro atoms. The van der Waals surface area contributed by atoms with Crippen LogP contribution in [0.15, 0.2) is 83.6 Å². The van der Waals surface area contributed by atoms with E-state index in [1.165, 1.54) is 95.0 Å². The summed E-state index contributed by atoms with van der Waals surface area (Å²) in [5, 5.41) is 0. The molecule has 4 aromatic carbocycles. The topological polar surface area (TPSA) is 6.48 Å². The highest BCUT2D eigenvalue weighted by Crippen LogP contribution is 2.45. The third kappa shape index (κ3) is 3.86. The first kappa shape index (κ1) is 26.9. The fourth-order valence-corrected chi connectivity index (χ4v) is 7.35. The molecule has 0 aromatic heterocycles. The molecular weight excluding hydrogens is 507 g/mol. The van der Waals surface area contributed by atoms with Gasteiger partial charge in [0, 0.05) is 34.1 Å². The SMILES string of the molecule is CC1=C(C)C(C)CC(N2c3cc(C)c(C)cc3B3c4cc(C)c(C)cc4N(c4ccc(C)c(C)c4)c4cccc2c43)=C1. The van der Waals surface area contributed by atoms with Crippen molar-refractivity contribution in [2.24, 2.45) is 5.92 Å². The first-order chi connectivity index (χ1) is 20.0. The molecule has 0 bridgehead atoms. The molecule has 0 radical (unpaired) electrons. The summed E-state index contributed by atoms with van der Waals surface area (Å²) in [5.74, 6) is 0.524. The number of hydrogen-bond donors (Lipinski definition) is 0. The Labute approximate surface area is 252 Å².